The number of hydrogen-bond acceptors (Lipinski definition) is 4. The number of alkyl halides is 3. The van der Waals surface area contributed by atoms with Crippen LogP contribution < -0.4 is 9.64 Å². The van der Waals surface area contributed by atoms with Gasteiger partial charge in [-0.15, -0.1) is 0 Å². The summed E-state index contributed by atoms with van der Waals surface area (Å²) >= 11 is 0. The molecule has 0 bridgehead atoms. The van der Waals surface area contributed by atoms with Crippen molar-refractivity contribution in [3.8, 4) is 5.75 Å². The van der Waals surface area contributed by atoms with Gasteiger partial charge in [-0.3, -0.25) is 9.39 Å². The van der Waals surface area contributed by atoms with E-state index in [4.69, 9.17) is 4.74 Å². The van der Waals surface area contributed by atoms with E-state index >= 15 is 0 Å². The summed E-state index contributed by atoms with van der Waals surface area (Å²) < 4.78 is 61.1. The Kier molecular flexibility index (Phi) is 4.29. The van der Waals surface area contributed by atoms with Crippen LogP contribution in [0.5, 0.6) is 5.75 Å². The van der Waals surface area contributed by atoms with Crippen LogP contribution in [0.3, 0.4) is 0 Å². The lowest BCUT2D eigenvalue weighted by atomic mass is 10.1. The maximum absolute atomic E-state index is 13.8. The van der Waals surface area contributed by atoms with E-state index in [2.05, 4.69) is 9.98 Å². The van der Waals surface area contributed by atoms with Gasteiger partial charge in [0.05, 0.1) is 12.8 Å². The molecule has 0 saturated heterocycles. The minimum Gasteiger partial charge on any atom is -0.497 e. The van der Waals surface area contributed by atoms with Crippen molar-refractivity contribution < 1.29 is 22.3 Å². The number of rotatable bonds is 3. The zero-order chi connectivity index (χ0) is 19.9. The highest BCUT2D eigenvalue weighted by Gasteiger charge is 2.41. The van der Waals surface area contributed by atoms with Crippen LogP contribution in [0.15, 0.2) is 60.0 Å². The number of nitrogens with zero attached hydrogens (tertiary/aromatic N) is 4. The highest BCUT2D eigenvalue weighted by Crippen LogP contribution is 2.38. The molecule has 5 nitrogen and oxygen atoms in total. The van der Waals surface area contributed by atoms with Gasteiger partial charge in [0.1, 0.15) is 23.3 Å². The number of fused-ring (bicyclic) bond motifs is 1. The monoisotopic (exact) mass is 390 g/mol. The molecule has 28 heavy (non-hydrogen) atoms. The van der Waals surface area contributed by atoms with Crippen LogP contribution >= 0.6 is 0 Å². The first kappa shape index (κ1) is 18.0. The van der Waals surface area contributed by atoms with Crippen LogP contribution in [0.1, 0.15) is 17.4 Å². The van der Waals surface area contributed by atoms with E-state index in [0.717, 1.165) is 16.7 Å². The van der Waals surface area contributed by atoms with Crippen LogP contribution in [0.25, 0.3) is 5.65 Å². The number of aliphatic imine (C=N–C) groups is 1. The lowest BCUT2D eigenvalue weighted by molar-refractivity contribution is -0.141. The molecule has 0 spiro atoms. The number of benzene rings is 1. The first-order chi connectivity index (χ1) is 13.4. The van der Waals surface area contributed by atoms with E-state index in [1.54, 1.807) is 35.4 Å². The molecule has 1 atom stereocenters. The fourth-order valence-electron chi connectivity index (χ4n) is 3.14. The number of imidazole rings is 1. The number of anilines is 1. The van der Waals surface area contributed by atoms with Gasteiger partial charge in [0.2, 0.25) is 0 Å². The maximum atomic E-state index is 13.8. The van der Waals surface area contributed by atoms with E-state index < -0.39 is 23.7 Å². The summed E-state index contributed by atoms with van der Waals surface area (Å²) in [5, 5.41) is 0. The van der Waals surface area contributed by atoms with E-state index in [-0.39, 0.29) is 11.3 Å². The molecule has 2 aromatic heterocycles. The lowest BCUT2D eigenvalue weighted by Gasteiger charge is -2.30. The largest absolute Gasteiger partial charge is 0.497 e. The molecular weight excluding hydrogens is 376 g/mol. The Morgan fingerprint density at radius 3 is 2.50 bits per heavy atom. The average Bonchev–Trinajstić information content (AvgIpc) is 3.07. The Morgan fingerprint density at radius 2 is 1.82 bits per heavy atom. The Labute approximate surface area is 157 Å². The Hall–Kier alpha value is -3.36. The Morgan fingerprint density at radius 1 is 1.07 bits per heavy atom. The van der Waals surface area contributed by atoms with Crippen molar-refractivity contribution >= 4 is 17.5 Å². The van der Waals surface area contributed by atoms with Crippen molar-refractivity contribution in [1.82, 2.24) is 9.38 Å². The molecule has 1 aliphatic heterocycles. The van der Waals surface area contributed by atoms with Gasteiger partial charge in [0.25, 0.3) is 0 Å². The van der Waals surface area contributed by atoms with Crippen molar-refractivity contribution in [2.45, 2.75) is 12.2 Å². The molecule has 0 saturated carbocycles. The van der Waals surface area contributed by atoms with Gasteiger partial charge in [-0.2, -0.15) is 13.2 Å². The van der Waals surface area contributed by atoms with Crippen molar-refractivity contribution in [2.24, 2.45) is 4.99 Å². The number of pyridine rings is 1. The summed E-state index contributed by atoms with van der Waals surface area (Å²) in [5.74, 6) is -0.0537. The van der Waals surface area contributed by atoms with Crippen molar-refractivity contribution in [3.63, 3.8) is 0 Å². The second-order valence-corrected chi connectivity index (χ2v) is 6.07. The van der Waals surface area contributed by atoms with Crippen LogP contribution in [-0.4, -0.2) is 22.7 Å². The lowest BCUT2D eigenvalue weighted by Crippen LogP contribution is -2.29. The normalized spacial score (nSPS) is 16.8. The molecule has 3 aromatic rings. The molecule has 144 valence electrons. The molecule has 0 aliphatic carbocycles. The summed E-state index contributed by atoms with van der Waals surface area (Å²) in [7, 11) is 1.52. The molecule has 0 radical (unpaired) electrons. The number of hydrogen-bond donors (Lipinski definition) is 0. The van der Waals surface area contributed by atoms with Gasteiger partial charge in [-0.25, -0.2) is 9.37 Å². The third kappa shape index (κ3) is 3.08. The highest BCUT2D eigenvalue weighted by molar-refractivity contribution is 5.77. The molecule has 3 heterocycles. The minimum atomic E-state index is -4.71. The Bertz CT molecular complexity index is 1070. The molecular formula is C19H14F4N4O. The summed E-state index contributed by atoms with van der Waals surface area (Å²) in [6.07, 6.45) is 0.681. The van der Waals surface area contributed by atoms with E-state index in [9.17, 15) is 17.6 Å². The first-order valence-electron chi connectivity index (χ1n) is 8.25. The molecule has 0 N–H and O–H groups in total. The van der Waals surface area contributed by atoms with Gasteiger partial charge in [-0.05, 0) is 36.4 Å². The van der Waals surface area contributed by atoms with E-state index in [0.29, 0.717) is 11.4 Å². The fraction of sp³-hybridized carbons (Fsp3) is 0.158. The summed E-state index contributed by atoms with van der Waals surface area (Å²) in [5.41, 5.74) is -0.677. The maximum Gasteiger partial charge on any atom is 0.435 e. The van der Waals surface area contributed by atoms with E-state index in [1.165, 1.54) is 25.6 Å². The van der Waals surface area contributed by atoms with Crippen LogP contribution in [0.4, 0.5) is 23.2 Å². The SMILES string of the molecule is COc1ccc(N2C=CN=CC2c2c(C(F)(F)F)nc3ccc(F)cn23)cc1. The topological polar surface area (TPSA) is 42.1 Å². The van der Waals surface area contributed by atoms with Crippen molar-refractivity contribution in [1.29, 1.82) is 0 Å². The quantitative estimate of drug-likeness (QED) is 0.614. The second kappa shape index (κ2) is 6.66. The number of halogens is 4. The molecule has 9 heteroatoms. The van der Waals surface area contributed by atoms with Crippen molar-refractivity contribution in [2.75, 3.05) is 12.0 Å². The van der Waals surface area contributed by atoms with Gasteiger partial charge in [0.15, 0.2) is 5.69 Å². The summed E-state index contributed by atoms with van der Waals surface area (Å²) in [4.78, 5) is 9.30. The predicted octanol–water partition coefficient (Wildman–Crippen LogP) is 4.60. The molecule has 0 amide bonds. The third-order valence-electron chi connectivity index (χ3n) is 4.38. The van der Waals surface area contributed by atoms with Crippen LogP contribution in [0, 0.1) is 5.82 Å². The zero-order valence-corrected chi connectivity index (χ0v) is 14.6. The smallest absolute Gasteiger partial charge is 0.435 e. The third-order valence-corrected chi connectivity index (χ3v) is 4.38. The summed E-state index contributed by atoms with van der Waals surface area (Å²) in [6, 6.07) is 8.17. The number of ether oxygens (including phenoxy) is 1. The standard InChI is InChI=1S/C19H14F4N4O/c1-28-14-5-3-13(4-6-14)26-9-8-24-10-15(26)17-18(19(21,22)23)25-16-7-2-12(20)11-27(16)17/h2-11,15H,1H3. The van der Waals surface area contributed by atoms with Gasteiger partial charge in [0, 0.05) is 30.5 Å². The van der Waals surface area contributed by atoms with Gasteiger partial charge in [-0.1, -0.05) is 0 Å². The van der Waals surface area contributed by atoms with Crippen molar-refractivity contribution in [3.05, 3.63) is 72.2 Å². The predicted molar refractivity (Wildman–Crippen MR) is 96.0 cm³/mol. The fourth-order valence-corrected chi connectivity index (χ4v) is 3.14. The minimum absolute atomic E-state index is 0.00126. The van der Waals surface area contributed by atoms with E-state index in [1.807, 2.05) is 0 Å². The average molecular weight is 390 g/mol. The summed E-state index contributed by atoms with van der Waals surface area (Å²) in [6.45, 7) is 0. The van der Waals surface area contributed by atoms with Gasteiger partial charge >= 0.3 is 6.18 Å². The molecule has 1 aromatic carbocycles. The molecule has 0 fully saturated rings. The first-order valence-corrected chi connectivity index (χ1v) is 8.25. The second-order valence-electron chi connectivity index (χ2n) is 6.07. The zero-order valence-electron chi connectivity index (χ0n) is 14.6. The number of methoxy groups -OCH3 is 1. The molecule has 1 unspecified atom stereocenters. The number of aromatic nitrogens is 2. The molecule has 1 aliphatic rings. The molecule has 4 rings (SSSR count). The Balaban J connectivity index is 1.90. The highest BCUT2D eigenvalue weighted by atomic mass is 19.4. The van der Waals surface area contributed by atoms with Gasteiger partial charge < -0.3 is 9.64 Å². The van der Waals surface area contributed by atoms with Crippen LogP contribution in [0.2, 0.25) is 0 Å². The van der Waals surface area contributed by atoms with Crippen LogP contribution in [-0.2, 0) is 6.18 Å².